The molecule has 0 unspecified atom stereocenters. The van der Waals surface area contributed by atoms with Gasteiger partial charge in [-0.25, -0.2) is 4.98 Å². The van der Waals surface area contributed by atoms with E-state index in [1.165, 1.54) is 29.2 Å². The quantitative estimate of drug-likeness (QED) is 0.835. The highest BCUT2D eigenvalue weighted by molar-refractivity contribution is 7.13. The van der Waals surface area contributed by atoms with Crippen LogP contribution in [-0.4, -0.2) is 22.6 Å². The van der Waals surface area contributed by atoms with Crippen molar-refractivity contribution in [1.29, 1.82) is 0 Å². The SMILES string of the molecule is c1csc(-c2cnc3n2CC[C@]32CCNC2)c1. The predicted molar refractivity (Wildman–Crippen MR) is 69.3 cm³/mol. The molecule has 1 fully saturated rings. The van der Waals surface area contributed by atoms with Crippen LogP contribution in [0.3, 0.4) is 0 Å². The maximum Gasteiger partial charge on any atom is 0.116 e. The monoisotopic (exact) mass is 245 g/mol. The zero-order chi connectivity index (χ0) is 11.3. The summed E-state index contributed by atoms with van der Waals surface area (Å²) in [6.45, 7) is 3.37. The summed E-state index contributed by atoms with van der Waals surface area (Å²) in [5.41, 5.74) is 1.63. The van der Waals surface area contributed by atoms with Gasteiger partial charge in [-0.1, -0.05) is 6.07 Å². The van der Waals surface area contributed by atoms with Gasteiger partial charge in [0.1, 0.15) is 5.82 Å². The molecule has 1 atom stereocenters. The highest BCUT2D eigenvalue weighted by atomic mass is 32.1. The Morgan fingerprint density at radius 3 is 3.18 bits per heavy atom. The number of hydrogen-bond donors (Lipinski definition) is 1. The zero-order valence-corrected chi connectivity index (χ0v) is 10.5. The van der Waals surface area contributed by atoms with Gasteiger partial charge in [-0.15, -0.1) is 11.3 Å². The Bertz CT molecular complexity index is 535. The maximum atomic E-state index is 4.72. The molecule has 1 saturated heterocycles. The van der Waals surface area contributed by atoms with E-state index >= 15 is 0 Å². The highest BCUT2D eigenvalue weighted by Crippen LogP contribution is 2.41. The summed E-state index contributed by atoms with van der Waals surface area (Å²) >= 11 is 1.80. The van der Waals surface area contributed by atoms with Crippen molar-refractivity contribution in [2.24, 2.45) is 0 Å². The van der Waals surface area contributed by atoms with E-state index in [0.717, 1.165) is 19.6 Å². The fourth-order valence-electron chi connectivity index (χ4n) is 3.23. The normalized spacial score (nSPS) is 26.8. The Kier molecular flexibility index (Phi) is 1.99. The van der Waals surface area contributed by atoms with E-state index in [2.05, 4.69) is 33.6 Å². The van der Waals surface area contributed by atoms with Crippen molar-refractivity contribution < 1.29 is 0 Å². The van der Waals surface area contributed by atoms with Crippen LogP contribution in [0.1, 0.15) is 18.7 Å². The third-order valence-corrected chi connectivity index (χ3v) is 5.05. The van der Waals surface area contributed by atoms with E-state index in [1.54, 1.807) is 11.3 Å². The topological polar surface area (TPSA) is 29.9 Å². The van der Waals surface area contributed by atoms with Gasteiger partial charge in [0, 0.05) is 18.5 Å². The van der Waals surface area contributed by atoms with Crippen LogP contribution < -0.4 is 5.32 Å². The lowest BCUT2D eigenvalue weighted by atomic mass is 9.85. The molecule has 2 aromatic heterocycles. The number of aromatic nitrogens is 2. The van der Waals surface area contributed by atoms with Gasteiger partial charge in [0.15, 0.2) is 0 Å². The molecule has 2 aliphatic heterocycles. The fourth-order valence-corrected chi connectivity index (χ4v) is 3.98. The molecule has 0 aliphatic carbocycles. The maximum absolute atomic E-state index is 4.72. The molecule has 4 heteroatoms. The van der Waals surface area contributed by atoms with Gasteiger partial charge in [-0.3, -0.25) is 0 Å². The Labute approximate surface area is 104 Å². The van der Waals surface area contributed by atoms with Gasteiger partial charge in [0.25, 0.3) is 0 Å². The van der Waals surface area contributed by atoms with Crippen LogP contribution >= 0.6 is 11.3 Å². The smallest absolute Gasteiger partial charge is 0.116 e. The number of rotatable bonds is 1. The van der Waals surface area contributed by atoms with Crippen LogP contribution in [-0.2, 0) is 12.0 Å². The van der Waals surface area contributed by atoms with E-state index in [4.69, 9.17) is 4.98 Å². The zero-order valence-electron chi connectivity index (χ0n) is 9.65. The van der Waals surface area contributed by atoms with Crippen molar-refractivity contribution in [2.75, 3.05) is 13.1 Å². The molecule has 2 aliphatic rings. The number of fused-ring (bicyclic) bond motifs is 2. The Morgan fingerprint density at radius 2 is 2.41 bits per heavy atom. The number of nitrogens with one attached hydrogen (secondary N) is 1. The minimum absolute atomic E-state index is 0.329. The molecule has 0 bridgehead atoms. The van der Waals surface area contributed by atoms with E-state index in [9.17, 15) is 0 Å². The van der Waals surface area contributed by atoms with Crippen LogP contribution in [0, 0.1) is 0 Å². The second kappa shape index (κ2) is 3.43. The van der Waals surface area contributed by atoms with Crippen LogP contribution in [0.15, 0.2) is 23.7 Å². The minimum Gasteiger partial charge on any atom is -0.327 e. The first-order valence-corrected chi connectivity index (χ1v) is 7.08. The molecule has 4 rings (SSSR count). The second-order valence-corrected chi connectivity index (χ2v) is 6.00. The van der Waals surface area contributed by atoms with E-state index in [1.807, 2.05) is 0 Å². The average molecular weight is 245 g/mol. The van der Waals surface area contributed by atoms with E-state index < -0.39 is 0 Å². The largest absolute Gasteiger partial charge is 0.327 e. The Balaban J connectivity index is 1.83. The lowest BCUT2D eigenvalue weighted by Gasteiger charge is -2.18. The molecule has 1 N–H and O–H groups in total. The molecule has 17 heavy (non-hydrogen) atoms. The van der Waals surface area contributed by atoms with E-state index in [-0.39, 0.29) is 0 Å². The molecule has 0 saturated carbocycles. The average Bonchev–Trinajstić information content (AvgIpc) is 3.09. The molecule has 2 aromatic rings. The first-order chi connectivity index (χ1) is 8.39. The summed E-state index contributed by atoms with van der Waals surface area (Å²) in [4.78, 5) is 6.06. The summed E-state index contributed by atoms with van der Waals surface area (Å²) in [6.07, 6.45) is 4.55. The lowest BCUT2D eigenvalue weighted by Crippen LogP contribution is -2.26. The first kappa shape index (κ1) is 9.85. The molecule has 0 amide bonds. The Hall–Kier alpha value is -1.13. The number of thiophene rings is 1. The van der Waals surface area contributed by atoms with Crippen LogP contribution in [0.2, 0.25) is 0 Å². The van der Waals surface area contributed by atoms with Crippen molar-refractivity contribution in [3.63, 3.8) is 0 Å². The second-order valence-electron chi connectivity index (χ2n) is 5.05. The molecular formula is C13H15N3S. The number of imidazole rings is 1. The van der Waals surface area contributed by atoms with Gasteiger partial charge in [0.05, 0.1) is 16.8 Å². The molecular weight excluding hydrogens is 230 g/mol. The minimum atomic E-state index is 0.329. The summed E-state index contributed by atoms with van der Waals surface area (Å²) in [5.74, 6) is 1.31. The summed E-state index contributed by atoms with van der Waals surface area (Å²) in [5, 5.41) is 5.63. The van der Waals surface area contributed by atoms with Gasteiger partial charge in [-0.05, 0) is 30.8 Å². The van der Waals surface area contributed by atoms with Crippen molar-refractivity contribution in [2.45, 2.75) is 24.8 Å². The van der Waals surface area contributed by atoms with Crippen molar-refractivity contribution in [3.8, 4) is 10.6 Å². The van der Waals surface area contributed by atoms with E-state index in [0.29, 0.717) is 5.41 Å². The van der Waals surface area contributed by atoms with Crippen molar-refractivity contribution >= 4 is 11.3 Å². The third kappa shape index (κ3) is 1.28. The van der Waals surface area contributed by atoms with Gasteiger partial charge < -0.3 is 9.88 Å². The standard InChI is InChI=1S/C13H15N3S/c1-2-11(17-7-1)10-8-15-12-13(3-5-14-9-13)4-6-16(10)12/h1-2,7-8,14H,3-6,9H2/t13-/m0/s1. The summed E-state index contributed by atoms with van der Waals surface area (Å²) < 4.78 is 2.43. The third-order valence-electron chi connectivity index (χ3n) is 4.16. The Morgan fingerprint density at radius 1 is 1.41 bits per heavy atom. The molecule has 1 spiro atoms. The molecule has 3 nitrogen and oxygen atoms in total. The number of nitrogens with zero attached hydrogens (tertiary/aromatic N) is 2. The molecule has 88 valence electrons. The van der Waals surface area contributed by atoms with Gasteiger partial charge in [0.2, 0.25) is 0 Å². The van der Waals surface area contributed by atoms with Gasteiger partial charge >= 0.3 is 0 Å². The van der Waals surface area contributed by atoms with Gasteiger partial charge in [-0.2, -0.15) is 0 Å². The predicted octanol–water partition coefficient (Wildman–Crippen LogP) is 2.25. The van der Waals surface area contributed by atoms with Crippen LogP contribution in [0.25, 0.3) is 10.6 Å². The highest BCUT2D eigenvalue weighted by Gasteiger charge is 2.43. The molecule has 0 aromatic carbocycles. The fraction of sp³-hybridized carbons (Fsp3) is 0.462. The number of hydrogen-bond acceptors (Lipinski definition) is 3. The van der Waals surface area contributed by atoms with Crippen molar-refractivity contribution in [1.82, 2.24) is 14.9 Å². The van der Waals surface area contributed by atoms with Crippen LogP contribution in [0.4, 0.5) is 0 Å². The summed E-state index contributed by atoms with van der Waals surface area (Å²) in [7, 11) is 0. The molecule has 0 radical (unpaired) electrons. The molecule has 4 heterocycles. The lowest BCUT2D eigenvalue weighted by molar-refractivity contribution is 0.457. The van der Waals surface area contributed by atoms with Crippen LogP contribution in [0.5, 0.6) is 0 Å². The first-order valence-electron chi connectivity index (χ1n) is 6.20. The van der Waals surface area contributed by atoms with Crippen molar-refractivity contribution in [3.05, 3.63) is 29.5 Å². The summed E-state index contributed by atoms with van der Waals surface area (Å²) in [6, 6.07) is 4.30.